The van der Waals surface area contributed by atoms with E-state index in [0.717, 1.165) is 5.56 Å². The van der Waals surface area contributed by atoms with E-state index >= 15 is 0 Å². The minimum absolute atomic E-state index is 0.0736. The topological polar surface area (TPSA) is 95.9 Å². The summed E-state index contributed by atoms with van der Waals surface area (Å²) in [5.74, 6) is -1.27. The average Bonchev–Trinajstić information content (AvgIpc) is 2.54. The SMILES string of the molecule is CC(C)NC(=O)CCCN(C)C(=O)OC(Cc1ccccc1)C(=O)O. The number of amides is 2. The first-order chi connectivity index (χ1) is 11.8. The van der Waals surface area contributed by atoms with Crippen molar-refractivity contribution in [1.29, 1.82) is 0 Å². The van der Waals surface area contributed by atoms with Crippen LogP contribution in [-0.2, 0) is 20.7 Å². The summed E-state index contributed by atoms with van der Waals surface area (Å²) in [5, 5.41) is 12.0. The van der Waals surface area contributed by atoms with Crippen LogP contribution in [0.3, 0.4) is 0 Å². The molecule has 138 valence electrons. The Hall–Kier alpha value is -2.57. The van der Waals surface area contributed by atoms with Gasteiger partial charge in [0, 0.05) is 32.5 Å². The molecule has 0 aromatic heterocycles. The number of nitrogens with one attached hydrogen (secondary N) is 1. The molecule has 1 rings (SSSR count). The lowest BCUT2D eigenvalue weighted by molar-refractivity contribution is -0.147. The first kappa shape index (κ1) is 20.5. The lowest BCUT2D eigenvalue weighted by Gasteiger charge is -2.20. The van der Waals surface area contributed by atoms with Gasteiger partial charge in [-0.15, -0.1) is 0 Å². The fourth-order valence-electron chi connectivity index (χ4n) is 2.18. The number of hydrogen-bond donors (Lipinski definition) is 2. The second kappa shape index (κ2) is 10.3. The van der Waals surface area contributed by atoms with Crippen molar-refractivity contribution in [1.82, 2.24) is 10.2 Å². The predicted molar refractivity (Wildman–Crippen MR) is 93.2 cm³/mol. The molecule has 1 atom stereocenters. The lowest BCUT2D eigenvalue weighted by atomic mass is 10.1. The molecule has 0 aliphatic rings. The van der Waals surface area contributed by atoms with Crippen LogP contribution < -0.4 is 5.32 Å². The van der Waals surface area contributed by atoms with Gasteiger partial charge in [0.15, 0.2) is 0 Å². The molecule has 2 amide bonds. The Balaban J connectivity index is 2.45. The van der Waals surface area contributed by atoms with Crippen molar-refractivity contribution in [3.05, 3.63) is 35.9 Å². The number of carbonyl (C=O) groups is 3. The highest BCUT2D eigenvalue weighted by Gasteiger charge is 2.24. The van der Waals surface area contributed by atoms with Gasteiger partial charge in [0.1, 0.15) is 0 Å². The van der Waals surface area contributed by atoms with Gasteiger partial charge in [-0.25, -0.2) is 9.59 Å². The summed E-state index contributed by atoms with van der Waals surface area (Å²) in [6, 6.07) is 9.05. The maximum absolute atomic E-state index is 12.0. The molecule has 25 heavy (non-hydrogen) atoms. The largest absolute Gasteiger partial charge is 0.478 e. The van der Waals surface area contributed by atoms with Gasteiger partial charge < -0.3 is 20.1 Å². The molecule has 1 aromatic rings. The highest BCUT2D eigenvalue weighted by atomic mass is 16.6. The molecule has 0 saturated carbocycles. The number of carbonyl (C=O) groups excluding carboxylic acids is 2. The molecule has 0 aliphatic heterocycles. The summed E-state index contributed by atoms with van der Waals surface area (Å²) in [6.07, 6.45) is -1.09. The van der Waals surface area contributed by atoms with E-state index in [1.54, 1.807) is 24.3 Å². The van der Waals surface area contributed by atoms with Crippen molar-refractivity contribution < 1.29 is 24.2 Å². The van der Waals surface area contributed by atoms with E-state index in [2.05, 4.69) is 5.32 Å². The lowest BCUT2D eigenvalue weighted by Crippen LogP contribution is -2.37. The second-order valence-electron chi connectivity index (χ2n) is 6.15. The molecule has 0 saturated heterocycles. The number of aliphatic carboxylic acids is 1. The summed E-state index contributed by atoms with van der Waals surface area (Å²) < 4.78 is 5.09. The van der Waals surface area contributed by atoms with Crippen molar-refractivity contribution in [3.63, 3.8) is 0 Å². The molecule has 0 spiro atoms. The third-order valence-corrected chi connectivity index (χ3v) is 3.44. The number of carboxylic acid groups (broad SMARTS) is 1. The number of hydrogen-bond acceptors (Lipinski definition) is 4. The Morgan fingerprint density at radius 1 is 1.20 bits per heavy atom. The van der Waals surface area contributed by atoms with Crippen molar-refractivity contribution in [2.75, 3.05) is 13.6 Å². The first-order valence-electron chi connectivity index (χ1n) is 8.27. The van der Waals surface area contributed by atoms with Gasteiger partial charge in [-0.3, -0.25) is 4.79 Å². The van der Waals surface area contributed by atoms with Gasteiger partial charge in [0.2, 0.25) is 12.0 Å². The Kier molecular flexibility index (Phi) is 8.46. The molecule has 0 heterocycles. The molecule has 7 nitrogen and oxygen atoms in total. The highest BCUT2D eigenvalue weighted by Crippen LogP contribution is 2.08. The standard InChI is InChI=1S/C18H26N2O5/c1-13(2)19-16(21)10-7-11-20(3)18(24)25-15(17(22)23)12-14-8-5-4-6-9-14/h4-6,8-9,13,15H,7,10-12H2,1-3H3,(H,19,21)(H,22,23). The Bertz CT molecular complexity index is 574. The number of rotatable bonds is 9. The van der Waals surface area contributed by atoms with Crippen LogP contribution in [0.2, 0.25) is 0 Å². The quantitative estimate of drug-likeness (QED) is 0.711. The minimum atomic E-state index is -1.25. The van der Waals surface area contributed by atoms with Crippen LogP contribution in [0.25, 0.3) is 0 Å². The maximum atomic E-state index is 12.0. The predicted octanol–water partition coefficient (Wildman–Crippen LogP) is 2.06. The normalized spacial score (nSPS) is 11.7. The summed E-state index contributed by atoms with van der Waals surface area (Å²) >= 11 is 0. The fraction of sp³-hybridized carbons (Fsp3) is 0.500. The number of nitrogens with zero attached hydrogens (tertiary/aromatic N) is 1. The minimum Gasteiger partial charge on any atom is -0.478 e. The molecule has 0 radical (unpaired) electrons. The first-order valence-corrected chi connectivity index (χ1v) is 8.27. The number of benzene rings is 1. The third-order valence-electron chi connectivity index (χ3n) is 3.44. The Labute approximate surface area is 148 Å². The third kappa shape index (κ3) is 8.19. The maximum Gasteiger partial charge on any atom is 0.410 e. The molecule has 0 fully saturated rings. The van der Waals surface area contributed by atoms with Crippen LogP contribution in [0.15, 0.2) is 30.3 Å². The van der Waals surface area contributed by atoms with Crippen molar-refractivity contribution in [2.24, 2.45) is 0 Å². The highest BCUT2D eigenvalue weighted by molar-refractivity contribution is 5.78. The van der Waals surface area contributed by atoms with Crippen molar-refractivity contribution in [3.8, 4) is 0 Å². The van der Waals surface area contributed by atoms with Crippen LogP contribution in [0.5, 0.6) is 0 Å². The summed E-state index contributed by atoms with van der Waals surface area (Å²) in [5.41, 5.74) is 0.774. The van der Waals surface area contributed by atoms with E-state index in [9.17, 15) is 19.5 Å². The summed E-state index contributed by atoms with van der Waals surface area (Å²) in [4.78, 5) is 36.2. The van der Waals surface area contributed by atoms with Gasteiger partial charge in [0.05, 0.1) is 0 Å². The van der Waals surface area contributed by atoms with Crippen molar-refractivity contribution >= 4 is 18.0 Å². The van der Waals surface area contributed by atoms with Crippen LogP contribution >= 0.6 is 0 Å². The number of ether oxygens (including phenoxy) is 1. The van der Waals surface area contributed by atoms with E-state index < -0.39 is 18.2 Å². The molecular weight excluding hydrogens is 324 g/mol. The fourth-order valence-corrected chi connectivity index (χ4v) is 2.18. The molecule has 0 aliphatic carbocycles. The molecule has 1 unspecified atom stereocenters. The van der Waals surface area contributed by atoms with Crippen LogP contribution in [-0.4, -0.2) is 53.7 Å². The van der Waals surface area contributed by atoms with Crippen molar-refractivity contribution in [2.45, 2.75) is 45.3 Å². The molecule has 2 N–H and O–H groups in total. The van der Waals surface area contributed by atoms with Gasteiger partial charge >= 0.3 is 12.1 Å². The van der Waals surface area contributed by atoms with E-state index in [0.29, 0.717) is 19.4 Å². The molecular formula is C18H26N2O5. The Morgan fingerprint density at radius 3 is 2.40 bits per heavy atom. The smallest absolute Gasteiger partial charge is 0.410 e. The Morgan fingerprint density at radius 2 is 1.84 bits per heavy atom. The van der Waals surface area contributed by atoms with Crippen LogP contribution in [0.1, 0.15) is 32.3 Å². The van der Waals surface area contributed by atoms with Gasteiger partial charge in [-0.1, -0.05) is 30.3 Å². The zero-order valence-electron chi connectivity index (χ0n) is 14.9. The molecule has 1 aromatic carbocycles. The van der Waals surface area contributed by atoms with E-state index in [4.69, 9.17) is 4.74 Å². The van der Waals surface area contributed by atoms with Gasteiger partial charge in [0.25, 0.3) is 0 Å². The van der Waals surface area contributed by atoms with E-state index in [1.807, 2.05) is 19.9 Å². The van der Waals surface area contributed by atoms with Gasteiger partial charge in [-0.05, 0) is 25.8 Å². The second-order valence-corrected chi connectivity index (χ2v) is 6.15. The van der Waals surface area contributed by atoms with Gasteiger partial charge in [-0.2, -0.15) is 0 Å². The summed E-state index contributed by atoms with van der Waals surface area (Å²) in [6.45, 7) is 4.06. The average molecular weight is 350 g/mol. The monoisotopic (exact) mass is 350 g/mol. The van der Waals surface area contributed by atoms with Crippen LogP contribution in [0, 0.1) is 0 Å². The van der Waals surface area contributed by atoms with E-state index in [1.165, 1.54) is 11.9 Å². The van der Waals surface area contributed by atoms with Crippen LogP contribution in [0.4, 0.5) is 4.79 Å². The molecule has 0 bridgehead atoms. The molecule has 7 heteroatoms. The van der Waals surface area contributed by atoms with E-state index in [-0.39, 0.29) is 18.4 Å². The zero-order valence-corrected chi connectivity index (χ0v) is 14.9. The summed E-state index contributed by atoms with van der Waals surface area (Å²) in [7, 11) is 1.52. The zero-order chi connectivity index (χ0) is 18.8. The number of carboxylic acids is 1.